The molecule has 1 aromatic carbocycles. The van der Waals surface area contributed by atoms with Crippen molar-refractivity contribution >= 4 is 11.8 Å². The van der Waals surface area contributed by atoms with E-state index in [0.29, 0.717) is 32.4 Å². The first-order valence-corrected chi connectivity index (χ1v) is 11.1. The first-order chi connectivity index (χ1) is 14.8. The number of fused-ring (bicyclic) bond motifs is 1. The average molecular weight is 425 g/mol. The van der Waals surface area contributed by atoms with E-state index in [4.69, 9.17) is 4.74 Å². The van der Waals surface area contributed by atoms with Crippen molar-refractivity contribution in [3.63, 3.8) is 0 Å². The Morgan fingerprint density at radius 1 is 1.32 bits per heavy atom. The Labute approximate surface area is 183 Å². The lowest BCUT2D eigenvalue weighted by atomic mass is 9.82. The number of benzene rings is 1. The summed E-state index contributed by atoms with van der Waals surface area (Å²) in [5.74, 6) is 0.748. The summed E-state index contributed by atoms with van der Waals surface area (Å²) in [5, 5.41) is 7.77. The summed E-state index contributed by atoms with van der Waals surface area (Å²) in [7, 11) is 1.85. The van der Waals surface area contributed by atoms with Crippen molar-refractivity contribution in [2.24, 2.45) is 5.92 Å². The van der Waals surface area contributed by atoms with Crippen LogP contribution in [0, 0.1) is 19.8 Å². The molecule has 3 heterocycles. The fraction of sp³-hybridized carbons (Fsp3) is 0.542. The van der Waals surface area contributed by atoms with Crippen molar-refractivity contribution in [1.82, 2.24) is 20.0 Å². The molecule has 2 amide bonds. The SMILES string of the molecule is Cc1cc(C)n(C[C@H](C)C(=O)N[C@H]2C[C@]3(CCC(=O)N(C)CC3)Oc3ccccc32)n1. The number of nitrogens with one attached hydrogen (secondary N) is 1. The van der Waals surface area contributed by atoms with Crippen LogP contribution in [0.3, 0.4) is 0 Å². The fourth-order valence-electron chi connectivity index (χ4n) is 4.72. The van der Waals surface area contributed by atoms with Crippen molar-refractivity contribution in [3.8, 4) is 5.75 Å². The summed E-state index contributed by atoms with van der Waals surface area (Å²) < 4.78 is 8.37. The molecule has 0 saturated carbocycles. The van der Waals surface area contributed by atoms with Gasteiger partial charge < -0.3 is 15.0 Å². The van der Waals surface area contributed by atoms with Crippen molar-refractivity contribution in [1.29, 1.82) is 0 Å². The monoisotopic (exact) mass is 424 g/mol. The molecule has 1 N–H and O–H groups in total. The Morgan fingerprint density at radius 3 is 2.84 bits per heavy atom. The number of nitrogens with zero attached hydrogens (tertiary/aromatic N) is 3. The average Bonchev–Trinajstić information content (AvgIpc) is 2.99. The van der Waals surface area contributed by atoms with Crippen LogP contribution >= 0.6 is 0 Å². The summed E-state index contributed by atoms with van der Waals surface area (Å²) in [6.45, 7) is 7.11. The molecule has 2 aliphatic heterocycles. The van der Waals surface area contributed by atoms with Gasteiger partial charge in [-0.2, -0.15) is 5.10 Å². The summed E-state index contributed by atoms with van der Waals surface area (Å²) in [6, 6.07) is 9.80. The number of carbonyl (C=O) groups excluding carboxylic acids is 2. The number of rotatable bonds is 4. The van der Waals surface area contributed by atoms with Gasteiger partial charge in [0.1, 0.15) is 11.4 Å². The molecule has 31 heavy (non-hydrogen) atoms. The lowest BCUT2D eigenvalue weighted by molar-refractivity contribution is -0.129. The Hall–Kier alpha value is -2.83. The second kappa shape index (κ2) is 8.36. The molecule has 0 aliphatic carbocycles. The largest absolute Gasteiger partial charge is 0.487 e. The van der Waals surface area contributed by atoms with Crippen LogP contribution in [-0.4, -0.2) is 45.7 Å². The lowest BCUT2D eigenvalue weighted by Crippen LogP contribution is -2.46. The second-order valence-corrected chi connectivity index (χ2v) is 9.16. The Balaban J connectivity index is 1.53. The first kappa shape index (κ1) is 21.4. The van der Waals surface area contributed by atoms with Crippen LogP contribution in [-0.2, 0) is 16.1 Å². The molecule has 0 radical (unpaired) electrons. The zero-order chi connectivity index (χ0) is 22.2. The molecule has 1 saturated heterocycles. The highest BCUT2D eigenvalue weighted by Crippen LogP contribution is 2.44. The predicted molar refractivity (Wildman–Crippen MR) is 118 cm³/mol. The Kier molecular flexibility index (Phi) is 5.77. The Morgan fingerprint density at radius 2 is 2.10 bits per heavy atom. The van der Waals surface area contributed by atoms with E-state index in [1.165, 1.54) is 0 Å². The predicted octanol–water partition coefficient (Wildman–Crippen LogP) is 3.16. The molecule has 3 atom stereocenters. The van der Waals surface area contributed by atoms with Crippen LogP contribution in [0.25, 0.3) is 0 Å². The maximum atomic E-state index is 13.1. The van der Waals surface area contributed by atoms with Gasteiger partial charge in [-0.05, 0) is 32.4 Å². The maximum absolute atomic E-state index is 13.1. The van der Waals surface area contributed by atoms with Crippen LogP contribution in [0.15, 0.2) is 30.3 Å². The molecule has 166 valence electrons. The maximum Gasteiger partial charge on any atom is 0.225 e. The Bertz CT molecular complexity index is 985. The zero-order valence-electron chi connectivity index (χ0n) is 18.9. The van der Waals surface area contributed by atoms with E-state index in [2.05, 4.69) is 10.4 Å². The van der Waals surface area contributed by atoms with Crippen molar-refractivity contribution in [2.45, 2.75) is 64.6 Å². The van der Waals surface area contributed by atoms with Gasteiger partial charge in [0.2, 0.25) is 11.8 Å². The number of likely N-dealkylation sites (tertiary alicyclic amines) is 1. The minimum absolute atomic E-state index is 0.00576. The van der Waals surface area contributed by atoms with E-state index in [0.717, 1.165) is 29.1 Å². The van der Waals surface area contributed by atoms with Gasteiger partial charge in [0, 0.05) is 44.1 Å². The molecule has 4 rings (SSSR count). The van der Waals surface area contributed by atoms with Crippen molar-refractivity contribution in [3.05, 3.63) is 47.3 Å². The molecule has 7 nitrogen and oxygen atoms in total. The summed E-state index contributed by atoms with van der Waals surface area (Å²) in [4.78, 5) is 27.1. The third-order valence-corrected chi connectivity index (χ3v) is 6.63. The number of para-hydroxylation sites is 1. The molecule has 2 aliphatic rings. The molecule has 0 unspecified atom stereocenters. The van der Waals surface area contributed by atoms with Crippen LogP contribution in [0.1, 0.15) is 55.6 Å². The van der Waals surface area contributed by atoms with E-state index in [-0.39, 0.29) is 23.8 Å². The van der Waals surface area contributed by atoms with Gasteiger partial charge in [0.25, 0.3) is 0 Å². The molecular formula is C24H32N4O3. The molecule has 2 aromatic rings. The third-order valence-electron chi connectivity index (χ3n) is 6.63. The zero-order valence-corrected chi connectivity index (χ0v) is 18.9. The molecule has 1 fully saturated rings. The highest BCUT2D eigenvalue weighted by atomic mass is 16.5. The van der Waals surface area contributed by atoms with E-state index in [1.54, 1.807) is 4.90 Å². The number of hydrogen-bond acceptors (Lipinski definition) is 4. The quantitative estimate of drug-likeness (QED) is 0.818. The van der Waals surface area contributed by atoms with Gasteiger partial charge in [-0.1, -0.05) is 25.1 Å². The summed E-state index contributed by atoms with van der Waals surface area (Å²) in [6.07, 6.45) is 2.56. The van der Waals surface area contributed by atoms with E-state index < -0.39 is 5.60 Å². The fourth-order valence-corrected chi connectivity index (χ4v) is 4.72. The number of carbonyl (C=O) groups is 2. The van der Waals surface area contributed by atoms with Gasteiger partial charge >= 0.3 is 0 Å². The summed E-state index contributed by atoms with van der Waals surface area (Å²) in [5.41, 5.74) is 2.58. The van der Waals surface area contributed by atoms with Crippen LogP contribution < -0.4 is 10.1 Å². The minimum atomic E-state index is -0.439. The van der Waals surface area contributed by atoms with Crippen LogP contribution in [0.4, 0.5) is 0 Å². The van der Waals surface area contributed by atoms with E-state index >= 15 is 0 Å². The van der Waals surface area contributed by atoms with Crippen molar-refractivity contribution in [2.75, 3.05) is 13.6 Å². The molecule has 1 spiro atoms. The minimum Gasteiger partial charge on any atom is -0.487 e. The number of ether oxygens (including phenoxy) is 1. The summed E-state index contributed by atoms with van der Waals surface area (Å²) >= 11 is 0. The van der Waals surface area contributed by atoms with Crippen molar-refractivity contribution < 1.29 is 14.3 Å². The van der Waals surface area contributed by atoms with Gasteiger partial charge in [-0.3, -0.25) is 14.3 Å². The van der Waals surface area contributed by atoms with Gasteiger partial charge in [0.05, 0.1) is 24.2 Å². The molecule has 7 heteroatoms. The molecular weight excluding hydrogens is 392 g/mol. The normalized spacial score (nSPS) is 24.3. The number of aryl methyl sites for hydroxylation is 2. The third kappa shape index (κ3) is 4.45. The smallest absolute Gasteiger partial charge is 0.225 e. The lowest BCUT2D eigenvalue weighted by Gasteiger charge is -2.42. The van der Waals surface area contributed by atoms with Gasteiger partial charge in [0.15, 0.2) is 0 Å². The highest BCUT2D eigenvalue weighted by molar-refractivity contribution is 5.79. The number of hydrogen-bond donors (Lipinski definition) is 1. The molecule has 1 aromatic heterocycles. The standard InChI is InChI=1S/C24H32N4O3/c1-16(15-28-18(3)13-17(2)26-28)23(30)25-20-14-24(10-9-22(29)27(4)12-11-24)31-21-8-6-5-7-19(20)21/h5-8,13,16,20H,9-12,14-15H2,1-4H3,(H,25,30)/t16-,20-,24+/m0/s1. The van der Waals surface area contributed by atoms with Gasteiger partial charge in [-0.25, -0.2) is 0 Å². The highest BCUT2D eigenvalue weighted by Gasteiger charge is 2.43. The van der Waals surface area contributed by atoms with E-state index in [1.807, 2.05) is 62.8 Å². The first-order valence-electron chi connectivity index (χ1n) is 11.1. The topological polar surface area (TPSA) is 76.5 Å². The van der Waals surface area contributed by atoms with Gasteiger partial charge in [-0.15, -0.1) is 0 Å². The number of amides is 2. The number of aromatic nitrogens is 2. The van der Waals surface area contributed by atoms with Crippen LogP contribution in [0.5, 0.6) is 5.75 Å². The second-order valence-electron chi connectivity index (χ2n) is 9.16. The molecule has 0 bridgehead atoms. The van der Waals surface area contributed by atoms with E-state index in [9.17, 15) is 9.59 Å². The van der Waals surface area contributed by atoms with Crippen LogP contribution in [0.2, 0.25) is 0 Å².